The van der Waals surface area contributed by atoms with Gasteiger partial charge in [0.25, 0.3) is 0 Å². The largest absolute Gasteiger partial charge is 0.359 e. The lowest BCUT2D eigenvalue weighted by atomic mass is 9.79. The van der Waals surface area contributed by atoms with Gasteiger partial charge < -0.3 is 9.71 Å². The molecule has 0 atom stereocenters. The van der Waals surface area contributed by atoms with E-state index >= 15 is 0 Å². The second-order valence-corrected chi connectivity index (χ2v) is 7.87. The molecule has 0 saturated heterocycles. The molecule has 0 bridgehead atoms. The predicted molar refractivity (Wildman–Crippen MR) is 121 cm³/mol. The Balaban J connectivity index is 0.000000970. The van der Waals surface area contributed by atoms with Crippen molar-refractivity contribution in [1.29, 1.82) is 0 Å². The Hall–Kier alpha value is -1.26. The van der Waals surface area contributed by atoms with E-state index in [1.54, 1.807) is 23.7 Å². The van der Waals surface area contributed by atoms with Crippen molar-refractivity contribution in [2.45, 2.75) is 53.4 Å². The maximum atomic E-state index is 3.45. The fraction of sp³-hybridized carbons (Fsp3) is 0.429. The van der Waals surface area contributed by atoms with Gasteiger partial charge in [-0.2, -0.15) is 0 Å². The van der Waals surface area contributed by atoms with Gasteiger partial charge in [-0.25, -0.2) is 0 Å². The highest BCUT2D eigenvalue weighted by Crippen LogP contribution is 2.38. The van der Waals surface area contributed by atoms with E-state index in [0.717, 1.165) is 5.69 Å². The zero-order valence-electron chi connectivity index (χ0n) is 16.6. The van der Waals surface area contributed by atoms with Gasteiger partial charge in [-0.3, -0.25) is 0 Å². The molecule has 0 unspecified atom stereocenters. The average molecular weight is 377 g/mol. The smallest absolute Gasteiger partial charge is 0.0701 e. The quantitative estimate of drug-likeness (QED) is 0.505. The average Bonchev–Trinajstić information content (AvgIpc) is 3.02. The fourth-order valence-electron chi connectivity index (χ4n) is 2.45. The molecule has 0 aliphatic carbocycles. The van der Waals surface area contributed by atoms with Crippen LogP contribution in [-0.4, -0.2) is 11.2 Å². The third kappa shape index (κ3) is 5.61. The van der Waals surface area contributed by atoms with Crippen LogP contribution in [0.25, 0.3) is 10.9 Å². The highest BCUT2D eigenvalue weighted by atomic mass is 32.2. The molecule has 4 heteroatoms. The monoisotopic (exact) mass is 376 g/mol. The Morgan fingerprint density at radius 2 is 1.96 bits per heavy atom. The van der Waals surface area contributed by atoms with E-state index in [9.17, 15) is 0 Å². The molecule has 0 aliphatic heterocycles. The maximum Gasteiger partial charge on any atom is 0.0701 e. The number of H-pyrrole nitrogens is 1. The minimum Gasteiger partial charge on any atom is -0.359 e. The molecule has 2 aromatic rings. The molecule has 1 heterocycles. The molecular formula is C21H32N2S2. The molecule has 0 saturated carbocycles. The summed E-state index contributed by atoms with van der Waals surface area (Å²) in [7, 11) is 0. The number of rotatable bonds is 6. The van der Waals surface area contributed by atoms with E-state index in [1.807, 2.05) is 13.2 Å². The van der Waals surface area contributed by atoms with E-state index in [4.69, 9.17) is 0 Å². The van der Waals surface area contributed by atoms with Gasteiger partial charge in [-0.15, -0.1) is 11.8 Å². The van der Waals surface area contributed by atoms with Crippen LogP contribution in [0, 0.1) is 0 Å². The Kier molecular flexibility index (Phi) is 9.30. The zero-order valence-corrected chi connectivity index (χ0v) is 18.2. The van der Waals surface area contributed by atoms with Crippen molar-refractivity contribution >= 4 is 40.3 Å². The lowest BCUT2D eigenvalue weighted by Crippen LogP contribution is -2.18. The van der Waals surface area contributed by atoms with E-state index in [0.29, 0.717) is 0 Å². The number of benzene rings is 1. The molecule has 1 aromatic heterocycles. The van der Waals surface area contributed by atoms with Crippen molar-refractivity contribution in [3.8, 4) is 0 Å². The predicted octanol–water partition coefficient (Wildman–Crippen LogP) is 7.72. The van der Waals surface area contributed by atoms with Crippen molar-refractivity contribution in [3.05, 3.63) is 52.4 Å². The summed E-state index contributed by atoms with van der Waals surface area (Å²) >= 11 is 3.35. The highest BCUT2D eigenvalue weighted by Gasteiger charge is 2.26. The summed E-state index contributed by atoms with van der Waals surface area (Å²) in [4.78, 5) is 3.45. The second-order valence-electron chi connectivity index (χ2n) is 6.48. The number of aromatic amines is 1. The molecule has 0 radical (unpaired) electrons. The van der Waals surface area contributed by atoms with Gasteiger partial charge in [0.05, 0.1) is 11.2 Å². The molecule has 2 rings (SSSR count). The Morgan fingerprint density at radius 1 is 1.28 bits per heavy atom. The fourth-order valence-corrected chi connectivity index (χ4v) is 3.57. The van der Waals surface area contributed by atoms with Crippen LogP contribution >= 0.6 is 23.7 Å². The van der Waals surface area contributed by atoms with Gasteiger partial charge in [0, 0.05) is 23.3 Å². The number of anilines is 1. The van der Waals surface area contributed by atoms with Gasteiger partial charge in [0.2, 0.25) is 0 Å². The third-order valence-electron chi connectivity index (χ3n) is 4.05. The van der Waals surface area contributed by atoms with E-state index in [1.165, 1.54) is 28.5 Å². The molecule has 0 spiro atoms. The van der Waals surface area contributed by atoms with Crippen molar-refractivity contribution in [1.82, 2.24) is 4.98 Å². The number of fused-ring (bicyclic) bond motifs is 1. The summed E-state index contributed by atoms with van der Waals surface area (Å²) in [5, 5.41) is 5.63. The molecule has 0 aliphatic rings. The molecule has 0 fully saturated rings. The van der Waals surface area contributed by atoms with Crippen LogP contribution in [0.3, 0.4) is 0 Å². The number of hydrogen-bond acceptors (Lipinski definition) is 3. The van der Waals surface area contributed by atoms with Crippen molar-refractivity contribution in [3.63, 3.8) is 0 Å². The van der Waals surface area contributed by atoms with Gasteiger partial charge in [0.15, 0.2) is 0 Å². The van der Waals surface area contributed by atoms with Crippen molar-refractivity contribution in [2.24, 2.45) is 0 Å². The SMILES string of the molecule is C/C=C\S/C=C(\C)C(C)(C)c1c[nH]c2c(NSC)cccc12.CCC. The summed E-state index contributed by atoms with van der Waals surface area (Å²) in [6, 6.07) is 6.42. The molecule has 1 aromatic carbocycles. The van der Waals surface area contributed by atoms with Gasteiger partial charge in [-0.1, -0.05) is 69.8 Å². The topological polar surface area (TPSA) is 27.8 Å². The molecule has 0 amide bonds. The van der Waals surface area contributed by atoms with Crippen molar-refractivity contribution in [2.75, 3.05) is 11.0 Å². The van der Waals surface area contributed by atoms with Crippen LogP contribution in [-0.2, 0) is 5.41 Å². The molecule has 138 valence electrons. The van der Waals surface area contributed by atoms with E-state index in [-0.39, 0.29) is 5.41 Å². The summed E-state index contributed by atoms with van der Waals surface area (Å²) in [5.74, 6) is 0. The number of thioether (sulfide) groups is 1. The second kappa shape index (κ2) is 10.7. The van der Waals surface area contributed by atoms with Gasteiger partial charge in [-0.05, 0) is 36.3 Å². The molecule has 2 N–H and O–H groups in total. The van der Waals surface area contributed by atoms with Crippen LogP contribution in [0.15, 0.2) is 46.9 Å². The number of hydrogen-bond donors (Lipinski definition) is 2. The number of para-hydroxylation sites is 1. The summed E-state index contributed by atoms with van der Waals surface area (Å²) < 4.78 is 3.34. The van der Waals surface area contributed by atoms with E-state index < -0.39 is 0 Å². The van der Waals surface area contributed by atoms with Crippen LogP contribution in [0.1, 0.15) is 53.5 Å². The Bertz CT molecular complexity index is 712. The first kappa shape index (κ1) is 21.8. The minimum absolute atomic E-state index is 0.00911. The van der Waals surface area contributed by atoms with Gasteiger partial charge in [0.1, 0.15) is 0 Å². The molecule has 25 heavy (non-hydrogen) atoms. The van der Waals surface area contributed by atoms with Crippen LogP contribution in [0.4, 0.5) is 5.69 Å². The summed E-state index contributed by atoms with van der Waals surface area (Å²) in [5.41, 5.74) is 5.00. The normalized spacial score (nSPS) is 12.4. The maximum absolute atomic E-state index is 3.45. The highest BCUT2D eigenvalue weighted by molar-refractivity contribution is 8.04. The molecular weight excluding hydrogens is 344 g/mol. The van der Waals surface area contributed by atoms with Crippen LogP contribution in [0.2, 0.25) is 0 Å². The van der Waals surface area contributed by atoms with Crippen LogP contribution in [0.5, 0.6) is 0 Å². The first-order valence-corrected chi connectivity index (χ1v) is 10.9. The molecule has 2 nitrogen and oxygen atoms in total. The van der Waals surface area contributed by atoms with E-state index in [2.05, 4.69) is 85.6 Å². The van der Waals surface area contributed by atoms with Crippen LogP contribution < -0.4 is 4.72 Å². The summed E-state index contributed by atoms with van der Waals surface area (Å²) in [6.07, 6.45) is 7.50. The number of allylic oxidation sites excluding steroid dienone is 2. The lowest BCUT2D eigenvalue weighted by molar-refractivity contribution is 0.631. The first-order valence-electron chi connectivity index (χ1n) is 8.77. The third-order valence-corrected chi connectivity index (χ3v) is 5.39. The number of nitrogens with one attached hydrogen (secondary N) is 2. The van der Waals surface area contributed by atoms with Crippen molar-refractivity contribution < 1.29 is 0 Å². The minimum atomic E-state index is -0.00911. The Labute approximate surface area is 162 Å². The Morgan fingerprint density at radius 3 is 2.56 bits per heavy atom. The van der Waals surface area contributed by atoms with Gasteiger partial charge >= 0.3 is 0 Å². The standard InChI is InChI=1S/C18H24N2S2.C3H8/c1-6-10-22-12-13(2)18(3,4)15-11-19-17-14(15)8-7-9-16(17)20-21-5;1-3-2/h6-12,19-20H,1-5H3;3H2,1-2H3/b10-6-,13-12+;. The lowest BCUT2D eigenvalue weighted by Gasteiger charge is -2.26. The zero-order chi connectivity index (χ0) is 18.9. The number of aromatic nitrogens is 1. The summed E-state index contributed by atoms with van der Waals surface area (Å²) in [6.45, 7) is 13.1. The first-order chi connectivity index (χ1) is 11.9.